The third kappa shape index (κ3) is 5.81. The molecule has 0 spiro atoms. The number of carbonyl (C=O) groups excluding carboxylic acids is 1. The molecule has 0 radical (unpaired) electrons. The normalized spacial score (nSPS) is 31.0. The number of allylic oxidation sites excluding steroid dienone is 4. The first-order valence-corrected chi connectivity index (χ1v) is 8.02. The van der Waals surface area contributed by atoms with E-state index in [0.29, 0.717) is 0 Å². The van der Waals surface area contributed by atoms with Gasteiger partial charge in [-0.15, -0.1) is 0 Å². The van der Waals surface area contributed by atoms with Gasteiger partial charge in [-0.2, -0.15) is 0 Å². The SMILES string of the molecule is O=C(OC1CC/C=C\CCC1)OC1CC/C=C\CCC1. The molecule has 3 nitrogen and oxygen atoms in total. The Balaban J connectivity index is 1.73. The monoisotopic (exact) mass is 278 g/mol. The fraction of sp³-hybridized carbons (Fsp3) is 0.706. The molecule has 0 aromatic rings. The second kappa shape index (κ2) is 8.83. The molecule has 0 aromatic heterocycles. The summed E-state index contributed by atoms with van der Waals surface area (Å²) in [6, 6.07) is 0. The molecule has 0 bridgehead atoms. The Bertz CT molecular complexity index is 314. The van der Waals surface area contributed by atoms with Crippen molar-refractivity contribution in [3.8, 4) is 0 Å². The van der Waals surface area contributed by atoms with Crippen molar-refractivity contribution in [2.75, 3.05) is 0 Å². The van der Waals surface area contributed by atoms with Crippen LogP contribution in [-0.2, 0) is 9.47 Å². The quantitative estimate of drug-likeness (QED) is 0.531. The minimum atomic E-state index is -0.464. The van der Waals surface area contributed by atoms with Gasteiger partial charge in [-0.3, -0.25) is 0 Å². The molecular weight excluding hydrogens is 252 g/mol. The zero-order valence-electron chi connectivity index (χ0n) is 12.3. The lowest BCUT2D eigenvalue weighted by Gasteiger charge is -2.22. The van der Waals surface area contributed by atoms with E-state index in [1.54, 1.807) is 0 Å². The van der Waals surface area contributed by atoms with Crippen molar-refractivity contribution >= 4 is 6.16 Å². The van der Waals surface area contributed by atoms with E-state index in [1.807, 2.05) is 0 Å². The third-order valence-corrected chi connectivity index (χ3v) is 3.96. The molecule has 0 aliphatic heterocycles. The van der Waals surface area contributed by atoms with Crippen molar-refractivity contribution in [1.29, 1.82) is 0 Å². The maximum atomic E-state index is 11.9. The molecule has 0 N–H and O–H groups in total. The summed E-state index contributed by atoms with van der Waals surface area (Å²) in [4.78, 5) is 11.9. The van der Waals surface area contributed by atoms with Gasteiger partial charge in [0.25, 0.3) is 0 Å². The molecule has 0 heterocycles. The summed E-state index contributed by atoms with van der Waals surface area (Å²) in [5, 5.41) is 0. The lowest BCUT2D eigenvalue weighted by atomic mass is 10.0. The smallest absolute Gasteiger partial charge is 0.431 e. The Labute approximate surface area is 122 Å². The van der Waals surface area contributed by atoms with E-state index >= 15 is 0 Å². The van der Waals surface area contributed by atoms with Gasteiger partial charge in [-0.05, 0) is 64.2 Å². The fourth-order valence-electron chi connectivity index (χ4n) is 2.79. The highest BCUT2D eigenvalue weighted by Crippen LogP contribution is 2.19. The average molecular weight is 278 g/mol. The Morgan fingerprint density at radius 1 is 0.700 bits per heavy atom. The first kappa shape index (κ1) is 15.1. The van der Waals surface area contributed by atoms with Crippen molar-refractivity contribution in [1.82, 2.24) is 0 Å². The predicted octanol–water partition coefficient (Wildman–Crippen LogP) is 4.92. The number of hydrogen-bond donors (Lipinski definition) is 0. The van der Waals surface area contributed by atoms with Crippen molar-refractivity contribution < 1.29 is 14.3 Å². The molecule has 2 rings (SSSR count). The van der Waals surface area contributed by atoms with Gasteiger partial charge in [0.05, 0.1) is 0 Å². The van der Waals surface area contributed by atoms with E-state index in [4.69, 9.17) is 9.47 Å². The number of hydrogen-bond acceptors (Lipinski definition) is 3. The summed E-state index contributed by atoms with van der Waals surface area (Å²) >= 11 is 0. The van der Waals surface area contributed by atoms with E-state index in [-0.39, 0.29) is 12.2 Å². The fourth-order valence-corrected chi connectivity index (χ4v) is 2.79. The van der Waals surface area contributed by atoms with Gasteiger partial charge < -0.3 is 9.47 Å². The highest BCUT2D eigenvalue weighted by atomic mass is 16.7. The van der Waals surface area contributed by atoms with Gasteiger partial charge in [0.15, 0.2) is 0 Å². The molecule has 2 aliphatic carbocycles. The second-order valence-electron chi connectivity index (χ2n) is 5.69. The average Bonchev–Trinajstić information content (AvgIpc) is 2.35. The molecule has 0 saturated heterocycles. The molecule has 112 valence electrons. The van der Waals surface area contributed by atoms with Crippen LogP contribution in [-0.4, -0.2) is 18.4 Å². The summed E-state index contributed by atoms with van der Waals surface area (Å²) in [5.74, 6) is 0. The standard InChI is InChI=1S/C17H26O3/c18-17(19-15-11-7-3-1-4-8-12-15)20-16-13-9-5-2-6-10-14-16/h1-3,5,15-16H,4,6-14H2/b3-1-,5-2-. The summed E-state index contributed by atoms with van der Waals surface area (Å²) in [6.07, 6.45) is 18.5. The molecule has 2 aliphatic rings. The summed E-state index contributed by atoms with van der Waals surface area (Å²) < 4.78 is 11.0. The van der Waals surface area contributed by atoms with Crippen LogP contribution in [0.4, 0.5) is 4.79 Å². The van der Waals surface area contributed by atoms with Crippen molar-refractivity contribution in [2.24, 2.45) is 0 Å². The number of carbonyl (C=O) groups is 1. The van der Waals surface area contributed by atoms with Crippen LogP contribution in [0.25, 0.3) is 0 Å². The van der Waals surface area contributed by atoms with E-state index < -0.39 is 6.16 Å². The zero-order chi connectivity index (χ0) is 14.0. The third-order valence-electron chi connectivity index (χ3n) is 3.96. The van der Waals surface area contributed by atoms with Gasteiger partial charge in [0.1, 0.15) is 12.2 Å². The van der Waals surface area contributed by atoms with E-state index in [2.05, 4.69) is 24.3 Å². The van der Waals surface area contributed by atoms with Crippen molar-refractivity contribution in [3.63, 3.8) is 0 Å². The van der Waals surface area contributed by atoms with E-state index in [0.717, 1.165) is 64.2 Å². The molecule has 2 atom stereocenters. The van der Waals surface area contributed by atoms with Gasteiger partial charge in [0.2, 0.25) is 0 Å². The van der Waals surface area contributed by atoms with Crippen LogP contribution >= 0.6 is 0 Å². The largest absolute Gasteiger partial charge is 0.508 e. The molecule has 0 amide bonds. The van der Waals surface area contributed by atoms with Gasteiger partial charge in [0, 0.05) is 0 Å². The molecule has 0 aromatic carbocycles. The maximum Gasteiger partial charge on any atom is 0.508 e. The zero-order valence-corrected chi connectivity index (χ0v) is 12.3. The van der Waals surface area contributed by atoms with Crippen LogP contribution in [0.5, 0.6) is 0 Å². The Morgan fingerprint density at radius 2 is 1.15 bits per heavy atom. The van der Waals surface area contributed by atoms with Crippen molar-refractivity contribution in [2.45, 2.75) is 76.4 Å². The minimum absolute atomic E-state index is 0.0286. The van der Waals surface area contributed by atoms with Gasteiger partial charge >= 0.3 is 6.16 Å². The molecule has 0 fully saturated rings. The van der Waals surface area contributed by atoms with Crippen LogP contribution in [0.15, 0.2) is 24.3 Å². The van der Waals surface area contributed by atoms with Gasteiger partial charge in [-0.25, -0.2) is 4.79 Å². The predicted molar refractivity (Wildman–Crippen MR) is 79.6 cm³/mol. The van der Waals surface area contributed by atoms with Crippen LogP contribution in [0.3, 0.4) is 0 Å². The molecule has 3 heteroatoms. The van der Waals surface area contributed by atoms with Crippen molar-refractivity contribution in [3.05, 3.63) is 24.3 Å². The minimum Gasteiger partial charge on any atom is -0.431 e. The molecule has 2 unspecified atom stereocenters. The second-order valence-corrected chi connectivity index (χ2v) is 5.69. The molecule has 0 saturated carbocycles. The Hall–Kier alpha value is -1.25. The Kier molecular flexibility index (Phi) is 6.69. The summed E-state index contributed by atoms with van der Waals surface area (Å²) in [6.45, 7) is 0. The van der Waals surface area contributed by atoms with E-state index in [9.17, 15) is 4.79 Å². The topological polar surface area (TPSA) is 35.5 Å². The van der Waals surface area contributed by atoms with Gasteiger partial charge in [-0.1, -0.05) is 24.3 Å². The lowest BCUT2D eigenvalue weighted by molar-refractivity contribution is -0.0105. The first-order valence-electron chi connectivity index (χ1n) is 8.02. The maximum absolute atomic E-state index is 11.9. The number of ether oxygens (including phenoxy) is 2. The summed E-state index contributed by atoms with van der Waals surface area (Å²) in [5.41, 5.74) is 0. The summed E-state index contributed by atoms with van der Waals surface area (Å²) in [7, 11) is 0. The Morgan fingerprint density at radius 3 is 1.65 bits per heavy atom. The first-order chi connectivity index (χ1) is 9.84. The van der Waals surface area contributed by atoms with Crippen LogP contribution in [0.2, 0.25) is 0 Å². The molecular formula is C17H26O3. The van der Waals surface area contributed by atoms with Crippen LogP contribution in [0.1, 0.15) is 64.2 Å². The highest BCUT2D eigenvalue weighted by molar-refractivity contribution is 5.60. The molecule has 20 heavy (non-hydrogen) atoms. The lowest BCUT2D eigenvalue weighted by Crippen LogP contribution is -2.24. The number of rotatable bonds is 2. The van der Waals surface area contributed by atoms with Crippen LogP contribution in [0, 0.1) is 0 Å². The van der Waals surface area contributed by atoms with Crippen LogP contribution < -0.4 is 0 Å². The highest BCUT2D eigenvalue weighted by Gasteiger charge is 2.19. The van der Waals surface area contributed by atoms with E-state index in [1.165, 1.54) is 0 Å².